The highest BCUT2D eigenvalue weighted by Gasteiger charge is 2.18. The summed E-state index contributed by atoms with van der Waals surface area (Å²) in [4.78, 5) is 0. The summed E-state index contributed by atoms with van der Waals surface area (Å²) in [5.41, 5.74) is 5.88. The molecule has 0 radical (unpaired) electrons. The van der Waals surface area contributed by atoms with E-state index in [2.05, 4.69) is 13.8 Å². The zero-order chi connectivity index (χ0) is 9.03. The minimum atomic E-state index is -0.0248. The highest BCUT2D eigenvalue weighted by atomic mass is 32.2. The lowest BCUT2D eigenvalue weighted by atomic mass is 10.1. The fourth-order valence-electron chi connectivity index (χ4n) is 1.18. The Labute approximate surface area is 79.2 Å². The van der Waals surface area contributed by atoms with Gasteiger partial charge < -0.3 is 10.5 Å². The Balaban J connectivity index is 2.13. The molecule has 72 valence electrons. The summed E-state index contributed by atoms with van der Waals surface area (Å²) >= 11 is 2.00. The lowest BCUT2D eigenvalue weighted by Gasteiger charge is -2.25. The molecule has 0 aromatic carbocycles. The highest BCUT2D eigenvalue weighted by Crippen LogP contribution is 2.24. The van der Waals surface area contributed by atoms with E-state index in [0.717, 1.165) is 24.2 Å². The molecule has 0 aromatic heterocycles. The molecule has 0 aromatic rings. The molecule has 0 unspecified atom stereocenters. The number of rotatable bonds is 3. The van der Waals surface area contributed by atoms with Crippen molar-refractivity contribution < 1.29 is 4.74 Å². The van der Waals surface area contributed by atoms with Crippen molar-refractivity contribution in [1.82, 2.24) is 0 Å². The topological polar surface area (TPSA) is 35.2 Å². The second-order valence-corrected chi connectivity index (χ2v) is 5.40. The van der Waals surface area contributed by atoms with Crippen LogP contribution in [0.4, 0.5) is 0 Å². The van der Waals surface area contributed by atoms with E-state index in [0.29, 0.717) is 0 Å². The fourth-order valence-corrected chi connectivity index (χ4v) is 2.37. The Morgan fingerprint density at radius 1 is 1.42 bits per heavy atom. The van der Waals surface area contributed by atoms with Crippen molar-refractivity contribution in [2.24, 2.45) is 5.73 Å². The third kappa shape index (κ3) is 4.33. The molecule has 1 heterocycles. The van der Waals surface area contributed by atoms with Crippen LogP contribution in [0.3, 0.4) is 0 Å². The average molecular weight is 189 g/mol. The molecule has 2 nitrogen and oxygen atoms in total. The average Bonchev–Trinajstić information content (AvgIpc) is 2.02. The molecule has 1 aliphatic rings. The Bertz CT molecular complexity index is 127. The van der Waals surface area contributed by atoms with Crippen molar-refractivity contribution >= 4 is 11.8 Å². The van der Waals surface area contributed by atoms with Gasteiger partial charge in [0.1, 0.15) is 0 Å². The van der Waals surface area contributed by atoms with E-state index in [4.69, 9.17) is 10.5 Å². The molecule has 2 N–H and O–H groups in total. The van der Waals surface area contributed by atoms with Crippen molar-refractivity contribution in [3.63, 3.8) is 0 Å². The van der Waals surface area contributed by atoms with Crippen molar-refractivity contribution in [2.45, 2.75) is 37.5 Å². The first-order chi connectivity index (χ1) is 5.58. The second kappa shape index (κ2) is 4.49. The van der Waals surface area contributed by atoms with Gasteiger partial charge in [0.25, 0.3) is 0 Å². The van der Waals surface area contributed by atoms with Crippen molar-refractivity contribution in [3.05, 3.63) is 0 Å². The van der Waals surface area contributed by atoms with Crippen LogP contribution in [0.25, 0.3) is 0 Å². The molecule has 12 heavy (non-hydrogen) atoms. The van der Waals surface area contributed by atoms with Crippen LogP contribution in [0, 0.1) is 0 Å². The number of ether oxygens (including phenoxy) is 1. The summed E-state index contributed by atoms with van der Waals surface area (Å²) in [6, 6.07) is 0. The van der Waals surface area contributed by atoms with Crippen LogP contribution in [-0.4, -0.2) is 29.8 Å². The number of nitrogens with two attached hydrogens (primary N) is 1. The molecule has 0 saturated carbocycles. The summed E-state index contributed by atoms with van der Waals surface area (Å²) in [5.74, 6) is 1.05. The van der Waals surface area contributed by atoms with Crippen molar-refractivity contribution in [3.8, 4) is 0 Å². The summed E-state index contributed by atoms with van der Waals surface area (Å²) < 4.78 is 5.29. The summed E-state index contributed by atoms with van der Waals surface area (Å²) in [6.07, 6.45) is 2.39. The number of hydrogen-bond donors (Lipinski definition) is 1. The molecule has 0 amide bonds. The Morgan fingerprint density at radius 2 is 2.00 bits per heavy atom. The molecule has 3 heteroatoms. The monoisotopic (exact) mass is 189 g/mol. The predicted octanol–water partition coefficient (Wildman–Crippen LogP) is 1.64. The molecule has 1 fully saturated rings. The first-order valence-electron chi connectivity index (χ1n) is 4.56. The molecule has 0 atom stereocenters. The van der Waals surface area contributed by atoms with Crippen LogP contribution in [0.1, 0.15) is 26.7 Å². The van der Waals surface area contributed by atoms with E-state index in [-0.39, 0.29) is 5.54 Å². The quantitative estimate of drug-likeness (QED) is 0.733. The van der Waals surface area contributed by atoms with Gasteiger partial charge in [0.2, 0.25) is 0 Å². The maximum Gasteiger partial charge on any atom is 0.0476 e. The number of thioether (sulfide) groups is 1. The zero-order valence-corrected chi connectivity index (χ0v) is 8.82. The normalized spacial score (nSPS) is 21.2. The van der Waals surface area contributed by atoms with Gasteiger partial charge in [-0.3, -0.25) is 0 Å². The standard InChI is InChI=1S/C9H19NOS/c1-9(2,10)7-12-8-3-5-11-6-4-8/h8H,3-7,10H2,1-2H3. The zero-order valence-electron chi connectivity index (χ0n) is 8.01. The fraction of sp³-hybridized carbons (Fsp3) is 1.00. The minimum Gasteiger partial charge on any atom is -0.381 e. The van der Waals surface area contributed by atoms with E-state index in [1.165, 1.54) is 12.8 Å². The summed E-state index contributed by atoms with van der Waals surface area (Å²) in [7, 11) is 0. The lowest BCUT2D eigenvalue weighted by Crippen LogP contribution is -2.36. The van der Waals surface area contributed by atoms with Gasteiger partial charge >= 0.3 is 0 Å². The molecule has 1 rings (SSSR count). The maximum atomic E-state index is 5.90. The smallest absolute Gasteiger partial charge is 0.0476 e. The van der Waals surface area contributed by atoms with E-state index in [9.17, 15) is 0 Å². The molecular formula is C9H19NOS. The van der Waals surface area contributed by atoms with Gasteiger partial charge in [-0.25, -0.2) is 0 Å². The van der Waals surface area contributed by atoms with Crippen LogP contribution in [0.2, 0.25) is 0 Å². The third-order valence-corrected chi connectivity index (χ3v) is 3.71. The number of hydrogen-bond acceptors (Lipinski definition) is 3. The van der Waals surface area contributed by atoms with Gasteiger partial charge in [0, 0.05) is 29.8 Å². The summed E-state index contributed by atoms with van der Waals surface area (Å²) in [6.45, 7) is 6.03. The van der Waals surface area contributed by atoms with Crippen molar-refractivity contribution in [1.29, 1.82) is 0 Å². The third-order valence-electron chi connectivity index (χ3n) is 1.86. The summed E-state index contributed by atoms with van der Waals surface area (Å²) in [5, 5.41) is 0.779. The lowest BCUT2D eigenvalue weighted by molar-refractivity contribution is 0.1000. The van der Waals surface area contributed by atoms with Gasteiger partial charge in [0.05, 0.1) is 0 Å². The second-order valence-electron chi connectivity index (χ2n) is 4.11. The van der Waals surface area contributed by atoms with Crippen LogP contribution in [-0.2, 0) is 4.74 Å². The van der Waals surface area contributed by atoms with Gasteiger partial charge in [-0.05, 0) is 26.7 Å². The van der Waals surface area contributed by atoms with Crippen LogP contribution in [0.5, 0.6) is 0 Å². The Morgan fingerprint density at radius 3 is 2.50 bits per heavy atom. The van der Waals surface area contributed by atoms with E-state index < -0.39 is 0 Å². The molecule has 0 aliphatic carbocycles. The van der Waals surface area contributed by atoms with E-state index in [1.54, 1.807) is 0 Å². The van der Waals surface area contributed by atoms with Gasteiger partial charge in [-0.2, -0.15) is 11.8 Å². The Kier molecular flexibility index (Phi) is 3.87. The largest absolute Gasteiger partial charge is 0.381 e. The molecular weight excluding hydrogens is 170 g/mol. The maximum absolute atomic E-state index is 5.90. The van der Waals surface area contributed by atoms with Gasteiger partial charge in [0.15, 0.2) is 0 Å². The SMILES string of the molecule is CC(C)(N)CSC1CCOCC1. The van der Waals surface area contributed by atoms with Gasteiger partial charge in [-0.1, -0.05) is 0 Å². The molecule has 0 bridgehead atoms. The Hall–Kier alpha value is 0.270. The van der Waals surface area contributed by atoms with E-state index >= 15 is 0 Å². The molecule has 1 aliphatic heterocycles. The predicted molar refractivity (Wildman–Crippen MR) is 54.6 cm³/mol. The first kappa shape index (κ1) is 10.4. The first-order valence-corrected chi connectivity index (χ1v) is 5.61. The molecule has 0 spiro atoms. The van der Waals surface area contributed by atoms with Crippen LogP contribution >= 0.6 is 11.8 Å². The van der Waals surface area contributed by atoms with E-state index in [1.807, 2.05) is 11.8 Å². The van der Waals surface area contributed by atoms with Gasteiger partial charge in [-0.15, -0.1) is 0 Å². The van der Waals surface area contributed by atoms with Crippen LogP contribution < -0.4 is 5.73 Å². The minimum absolute atomic E-state index is 0.0248. The van der Waals surface area contributed by atoms with Crippen molar-refractivity contribution in [2.75, 3.05) is 19.0 Å². The highest BCUT2D eigenvalue weighted by molar-refractivity contribution is 7.99. The van der Waals surface area contributed by atoms with Crippen LogP contribution in [0.15, 0.2) is 0 Å². The molecule has 1 saturated heterocycles.